The van der Waals surface area contributed by atoms with Crippen molar-refractivity contribution in [2.45, 2.75) is 44.4 Å². The number of benzene rings is 1. The highest BCUT2D eigenvalue weighted by Gasteiger charge is 2.40. The normalized spacial score (nSPS) is 16.9. The molecule has 0 aliphatic heterocycles. The molecule has 2 rings (SSSR count). The van der Waals surface area contributed by atoms with Gasteiger partial charge in [0.2, 0.25) is 0 Å². The van der Waals surface area contributed by atoms with Crippen LogP contribution in [0.1, 0.15) is 50.2 Å². The molecule has 3 nitrogen and oxygen atoms in total. The lowest BCUT2D eigenvalue weighted by Gasteiger charge is -2.43. The van der Waals surface area contributed by atoms with Crippen molar-refractivity contribution in [2.24, 2.45) is 5.73 Å². The van der Waals surface area contributed by atoms with E-state index in [-0.39, 0.29) is 5.41 Å². The van der Waals surface area contributed by atoms with Gasteiger partial charge in [0.15, 0.2) is 11.5 Å². The van der Waals surface area contributed by atoms with Gasteiger partial charge < -0.3 is 15.2 Å². The summed E-state index contributed by atoms with van der Waals surface area (Å²) in [5.41, 5.74) is 8.83. The Kier molecular flexibility index (Phi) is 4.65. The predicted molar refractivity (Wildman–Crippen MR) is 85.9 cm³/mol. The molecule has 1 aliphatic carbocycles. The number of methoxy groups -OCH3 is 2. The molecule has 0 atom stereocenters. The molecule has 2 N–H and O–H groups in total. The lowest BCUT2D eigenvalue weighted by atomic mass is 9.62. The van der Waals surface area contributed by atoms with Crippen molar-refractivity contribution in [1.82, 2.24) is 0 Å². The smallest absolute Gasteiger partial charge is 0.175 e. The van der Waals surface area contributed by atoms with Crippen LogP contribution in [0.25, 0.3) is 0 Å². The number of halogens is 1. The van der Waals surface area contributed by atoms with Gasteiger partial charge in [-0.1, -0.05) is 20.3 Å². The fourth-order valence-electron chi connectivity index (χ4n) is 3.16. The molecule has 0 heterocycles. The molecule has 1 aromatic rings. The first-order chi connectivity index (χ1) is 9.50. The predicted octanol–water partition coefficient (Wildman–Crippen LogP) is 3.97. The van der Waals surface area contributed by atoms with E-state index in [1.165, 1.54) is 17.5 Å². The second-order valence-electron chi connectivity index (χ2n) is 5.88. The first-order valence-corrected chi connectivity index (χ1v) is 7.95. The SMILES string of the molecule is COc1cc(C2(CN)CCC2)c(C(C)C)c(Br)c1OC. The Balaban J connectivity index is 2.69. The lowest BCUT2D eigenvalue weighted by molar-refractivity contribution is 0.248. The molecule has 112 valence electrons. The quantitative estimate of drug-likeness (QED) is 0.881. The van der Waals surface area contributed by atoms with E-state index in [2.05, 4.69) is 35.8 Å². The van der Waals surface area contributed by atoms with Gasteiger partial charge >= 0.3 is 0 Å². The topological polar surface area (TPSA) is 44.5 Å². The van der Waals surface area contributed by atoms with Crippen LogP contribution >= 0.6 is 15.9 Å². The minimum Gasteiger partial charge on any atom is -0.493 e. The maximum Gasteiger partial charge on any atom is 0.175 e. The van der Waals surface area contributed by atoms with Crippen LogP contribution in [0.2, 0.25) is 0 Å². The van der Waals surface area contributed by atoms with Gasteiger partial charge in [-0.2, -0.15) is 0 Å². The molecule has 1 aromatic carbocycles. The summed E-state index contributed by atoms with van der Waals surface area (Å²) in [6.45, 7) is 5.10. The summed E-state index contributed by atoms with van der Waals surface area (Å²) >= 11 is 3.71. The first kappa shape index (κ1) is 15.6. The third-order valence-electron chi connectivity index (χ3n) is 4.50. The van der Waals surface area contributed by atoms with Crippen LogP contribution in [0.4, 0.5) is 0 Å². The fraction of sp³-hybridized carbons (Fsp3) is 0.625. The minimum atomic E-state index is 0.113. The van der Waals surface area contributed by atoms with Gasteiger partial charge in [-0.05, 0) is 51.9 Å². The molecule has 0 amide bonds. The summed E-state index contributed by atoms with van der Waals surface area (Å²) in [4.78, 5) is 0. The van der Waals surface area contributed by atoms with Crippen molar-refractivity contribution >= 4 is 15.9 Å². The van der Waals surface area contributed by atoms with Crippen molar-refractivity contribution in [1.29, 1.82) is 0 Å². The highest BCUT2D eigenvalue weighted by atomic mass is 79.9. The van der Waals surface area contributed by atoms with Gasteiger partial charge in [0, 0.05) is 12.0 Å². The van der Waals surface area contributed by atoms with Gasteiger partial charge in [0.05, 0.1) is 18.7 Å². The Bertz CT molecular complexity index is 490. The summed E-state index contributed by atoms with van der Waals surface area (Å²) in [5, 5.41) is 0. The van der Waals surface area contributed by atoms with E-state index < -0.39 is 0 Å². The van der Waals surface area contributed by atoms with E-state index in [9.17, 15) is 0 Å². The van der Waals surface area contributed by atoms with Gasteiger partial charge in [0.25, 0.3) is 0 Å². The second kappa shape index (κ2) is 5.94. The van der Waals surface area contributed by atoms with Crippen molar-refractivity contribution in [3.63, 3.8) is 0 Å². The lowest BCUT2D eigenvalue weighted by Crippen LogP contribution is -2.42. The van der Waals surface area contributed by atoms with Crippen molar-refractivity contribution in [2.75, 3.05) is 20.8 Å². The molecule has 4 heteroatoms. The fourth-order valence-corrected chi connectivity index (χ4v) is 4.18. The number of ether oxygens (including phenoxy) is 2. The summed E-state index contributed by atoms with van der Waals surface area (Å²) in [5.74, 6) is 1.95. The summed E-state index contributed by atoms with van der Waals surface area (Å²) < 4.78 is 12.0. The number of nitrogens with two attached hydrogens (primary N) is 1. The summed E-state index contributed by atoms with van der Waals surface area (Å²) in [6.07, 6.45) is 3.57. The first-order valence-electron chi connectivity index (χ1n) is 7.15. The maximum atomic E-state index is 6.09. The van der Waals surface area contributed by atoms with E-state index in [1.807, 2.05) is 0 Å². The monoisotopic (exact) mass is 341 g/mol. The van der Waals surface area contributed by atoms with Crippen molar-refractivity contribution in [3.8, 4) is 11.5 Å². The molecule has 1 fully saturated rings. The van der Waals surface area contributed by atoms with E-state index in [0.29, 0.717) is 12.5 Å². The molecule has 0 unspecified atom stereocenters. The Morgan fingerprint density at radius 1 is 1.30 bits per heavy atom. The molecule has 1 saturated carbocycles. The highest BCUT2D eigenvalue weighted by molar-refractivity contribution is 9.10. The third-order valence-corrected chi connectivity index (χ3v) is 5.29. The molecular weight excluding hydrogens is 318 g/mol. The van der Waals surface area contributed by atoms with Crippen LogP contribution in [-0.4, -0.2) is 20.8 Å². The summed E-state index contributed by atoms with van der Waals surface area (Å²) in [6, 6.07) is 2.13. The van der Waals surface area contributed by atoms with E-state index in [1.54, 1.807) is 14.2 Å². The average Bonchev–Trinajstić information content (AvgIpc) is 2.37. The average molecular weight is 342 g/mol. The van der Waals surface area contributed by atoms with Crippen molar-refractivity contribution in [3.05, 3.63) is 21.7 Å². The van der Waals surface area contributed by atoms with E-state index >= 15 is 0 Å². The van der Waals surface area contributed by atoms with Crippen LogP contribution < -0.4 is 15.2 Å². The molecule has 0 saturated heterocycles. The Morgan fingerprint density at radius 2 is 1.95 bits per heavy atom. The van der Waals surface area contributed by atoms with E-state index in [4.69, 9.17) is 15.2 Å². The molecule has 0 bridgehead atoms. The number of rotatable bonds is 5. The van der Waals surface area contributed by atoms with E-state index in [0.717, 1.165) is 28.8 Å². The maximum absolute atomic E-state index is 6.09. The Hall–Kier alpha value is -0.740. The van der Waals surface area contributed by atoms with Gasteiger partial charge in [0.1, 0.15) is 0 Å². The molecular formula is C16H24BrNO2. The van der Waals surface area contributed by atoms with Crippen LogP contribution in [0.15, 0.2) is 10.5 Å². The largest absolute Gasteiger partial charge is 0.493 e. The zero-order valence-electron chi connectivity index (χ0n) is 12.8. The minimum absolute atomic E-state index is 0.113. The molecule has 0 aromatic heterocycles. The van der Waals surface area contributed by atoms with Crippen LogP contribution in [0.5, 0.6) is 11.5 Å². The van der Waals surface area contributed by atoms with Crippen molar-refractivity contribution < 1.29 is 9.47 Å². The molecule has 0 radical (unpaired) electrons. The zero-order valence-corrected chi connectivity index (χ0v) is 14.3. The van der Waals surface area contributed by atoms with Gasteiger partial charge in [-0.15, -0.1) is 0 Å². The van der Waals surface area contributed by atoms with Gasteiger partial charge in [-0.25, -0.2) is 0 Å². The number of hydrogen-bond acceptors (Lipinski definition) is 3. The Labute approximate surface area is 130 Å². The molecule has 1 aliphatic rings. The third kappa shape index (κ3) is 2.33. The molecule has 20 heavy (non-hydrogen) atoms. The summed E-state index contributed by atoms with van der Waals surface area (Å²) in [7, 11) is 3.35. The van der Waals surface area contributed by atoms with Crippen LogP contribution in [0, 0.1) is 0 Å². The van der Waals surface area contributed by atoms with Crippen LogP contribution in [-0.2, 0) is 5.41 Å². The number of hydrogen-bond donors (Lipinski definition) is 1. The van der Waals surface area contributed by atoms with Crippen LogP contribution in [0.3, 0.4) is 0 Å². The molecule has 0 spiro atoms. The standard InChI is InChI=1S/C16H24BrNO2/c1-10(2)13-11(16(9-18)6-5-7-16)8-12(19-3)15(20-4)14(13)17/h8,10H,5-7,9,18H2,1-4H3. The zero-order chi connectivity index (χ0) is 14.9. The highest BCUT2D eigenvalue weighted by Crippen LogP contribution is 2.51. The Morgan fingerprint density at radius 3 is 2.30 bits per heavy atom. The second-order valence-corrected chi connectivity index (χ2v) is 6.67. The van der Waals surface area contributed by atoms with Gasteiger partial charge in [-0.3, -0.25) is 0 Å².